The number of quaternary nitrogens is 1. The Labute approximate surface area is 216 Å². The van der Waals surface area contributed by atoms with E-state index in [1.54, 1.807) is 18.2 Å². The van der Waals surface area contributed by atoms with Gasteiger partial charge in [-0.15, -0.1) is 0 Å². The Morgan fingerprint density at radius 2 is 1.86 bits per heavy atom. The normalized spacial score (nSPS) is 22.1. The molecule has 1 aliphatic heterocycles. The number of carbonyl (C=O) groups is 3. The summed E-state index contributed by atoms with van der Waals surface area (Å²) < 4.78 is 5.72. The van der Waals surface area contributed by atoms with E-state index >= 15 is 0 Å². The smallest absolute Gasteiger partial charge is 0.316 e. The largest absolute Gasteiger partial charge is 0.483 e. The summed E-state index contributed by atoms with van der Waals surface area (Å²) in [4.78, 5) is 38.5. The number of primary amides is 1. The third kappa shape index (κ3) is 6.43. The number of halogens is 1. The Balaban J connectivity index is 1.55. The summed E-state index contributed by atoms with van der Waals surface area (Å²) in [5, 5.41) is 3.37. The predicted octanol–water partition coefficient (Wildman–Crippen LogP) is 2.45. The molecule has 4 rings (SSSR count). The fourth-order valence-electron chi connectivity index (χ4n) is 5.08. The van der Waals surface area contributed by atoms with Gasteiger partial charge >= 0.3 is 5.91 Å². The minimum absolute atomic E-state index is 0.110. The first-order chi connectivity index (χ1) is 17.3. The minimum Gasteiger partial charge on any atom is -0.483 e. The number of nitrogens with two attached hydrogens (primary N) is 2. The number of nitrogens with one attached hydrogen (secondary N) is 1. The summed E-state index contributed by atoms with van der Waals surface area (Å²) >= 11 is 6.30. The maximum Gasteiger partial charge on any atom is 0.316 e. The van der Waals surface area contributed by atoms with Crippen LogP contribution in [0.2, 0.25) is 5.02 Å². The van der Waals surface area contributed by atoms with Gasteiger partial charge in [0.05, 0.1) is 18.5 Å². The molecule has 1 unspecified atom stereocenters. The van der Waals surface area contributed by atoms with Gasteiger partial charge in [-0.3, -0.25) is 9.59 Å². The predicted molar refractivity (Wildman–Crippen MR) is 137 cm³/mol. The topological polar surface area (TPSA) is 125 Å². The molecule has 0 spiro atoms. The fourth-order valence-corrected chi connectivity index (χ4v) is 5.28. The average molecular weight is 514 g/mol. The van der Waals surface area contributed by atoms with Gasteiger partial charge in [0.1, 0.15) is 12.3 Å². The molecule has 2 aliphatic rings. The van der Waals surface area contributed by atoms with E-state index < -0.39 is 18.0 Å². The van der Waals surface area contributed by atoms with Crippen LogP contribution in [0.25, 0.3) is 0 Å². The number of amides is 3. The van der Waals surface area contributed by atoms with Crippen LogP contribution in [0.1, 0.15) is 43.2 Å². The average Bonchev–Trinajstić information content (AvgIpc) is 3.54. The molecular formula is C27H34ClN4O4+. The summed E-state index contributed by atoms with van der Waals surface area (Å²) in [5.74, 6) is -0.372. The summed E-state index contributed by atoms with van der Waals surface area (Å²) in [5.41, 5.74) is 13.9. The molecule has 5 N–H and O–H groups in total. The van der Waals surface area contributed by atoms with E-state index in [1.165, 1.54) is 0 Å². The third-order valence-corrected chi connectivity index (χ3v) is 7.25. The third-order valence-electron chi connectivity index (χ3n) is 7.01. The molecule has 8 nitrogen and oxygen atoms in total. The molecule has 1 saturated carbocycles. The number of carbonyl (C=O) groups excluding carboxylic acids is 3. The van der Waals surface area contributed by atoms with E-state index in [1.807, 2.05) is 30.3 Å². The monoisotopic (exact) mass is 513 g/mol. The van der Waals surface area contributed by atoms with Crippen LogP contribution in [0.3, 0.4) is 0 Å². The Hall–Kier alpha value is -2.94. The first-order valence-corrected chi connectivity index (χ1v) is 12.8. The van der Waals surface area contributed by atoms with Gasteiger partial charge in [-0.2, -0.15) is 0 Å². The standard InChI is InChI=1S/C27H33ClN4O4/c28-20-8-11-24(36-17-25(33)31-22-9-10-22)19(14-20)16-32(12-4-7-23(32)27(30)35)26(34)15-21(29)13-18-5-2-1-3-6-18/h1-3,5-6,8,11,14,21-23H,4,7,9-10,12-13,15-17,29H2,(H2-,30,31,33,35)/p+1/t21-,23+,32?/m1/s1. The molecule has 3 amide bonds. The summed E-state index contributed by atoms with van der Waals surface area (Å²) in [6.45, 7) is 0.517. The summed E-state index contributed by atoms with van der Waals surface area (Å²) in [6, 6.07) is 14.0. The van der Waals surface area contributed by atoms with Crippen LogP contribution in [-0.4, -0.2) is 53.5 Å². The Kier molecular flexibility index (Phi) is 8.28. The Morgan fingerprint density at radius 1 is 1.11 bits per heavy atom. The van der Waals surface area contributed by atoms with Crippen molar-refractivity contribution in [1.29, 1.82) is 0 Å². The van der Waals surface area contributed by atoms with Crippen molar-refractivity contribution in [2.24, 2.45) is 11.5 Å². The van der Waals surface area contributed by atoms with E-state index in [-0.39, 0.29) is 41.9 Å². The van der Waals surface area contributed by atoms with Crippen LogP contribution in [0, 0.1) is 0 Å². The van der Waals surface area contributed by atoms with E-state index in [2.05, 4.69) is 5.32 Å². The lowest BCUT2D eigenvalue weighted by Crippen LogP contribution is -2.60. The molecule has 0 aromatic heterocycles. The highest BCUT2D eigenvalue weighted by Gasteiger charge is 2.51. The van der Waals surface area contributed by atoms with Crippen molar-refractivity contribution in [3.05, 3.63) is 64.7 Å². The molecule has 1 saturated heterocycles. The first-order valence-electron chi connectivity index (χ1n) is 12.5. The van der Waals surface area contributed by atoms with Crippen LogP contribution in [0.15, 0.2) is 48.5 Å². The summed E-state index contributed by atoms with van der Waals surface area (Å²) in [7, 11) is 0. The summed E-state index contributed by atoms with van der Waals surface area (Å²) in [6.07, 6.45) is 3.85. The zero-order valence-corrected chi connectivity index (χ0v) is 21.1. The number of ether oxygens (including phenoxy) is 1. The Morgan fingerprint density at radius 3 is 2.56 bits per heavy atom. The second-order valence-corrected chi connectivity index (χ2v) is 10.3. The molecule has 1 heterocycles. The number of nitrogens with zero attached hydrogens (tertiary/aromatic N) is 1. The number of hydrogen-bond acceptors (Lipinski definition) is 5. The van der Waals surface area contributed by atoms with Gasteiger partial charge in [-0.1, -0.05) is 41.9 Å². The van der Waals surface area contributed by atoms with Crippen molar-refractivity contribution in [2.75, 3.05) is 13.2 Å². The van der Waals surface area contributed by atoms with Crippen LogP contribution >= 0.6 is 11.6 Å². The fraction of sp³-hybridized carbons (Fsp3) is 0.444. The van der Waals surface area contributed by atoms with Crippen molar-refractivity contribution >= 4 is 29.3 Å². The second-order valence-electron chi connectivity index (χ2n) is 9.91. The van der Waals surface area contributed by atoms with Gasteiger partial charge in [-0.05, 0) is 43.0 Å². The Bertz CT molecular complexity index is 1110. The molecule has 36 heavy (non-hydrogen) atoms. The zero-order chi connectivity index (χ0) is 25.7. The van der Waals surface area contributed by atoms with Gasteiger partial charge in [-0.25, -0.2) is 9.28 Å². The second kappa shape index (κ2) is 11.4. The van der Waals surface area contributed by atoms with Crippen LogP contribution in [0.5, 0.6) is 5.75 Å². The van der Waals surface area contributed by atoms with Gasteiger partial charge in [0.2, 0.25) is 0 Å². The van der Waals surface area contributed by atoms with E-state index in [9.17, 15) is 14.4 Å². The van der Waals surface area contributed by atoms with E-state index in [4.69, 9.17) is 27.8 Å². The van der Waals surface area contributed by atoms with Gasteiger partial charge in [0.25, 0.3) is 11.8 Å². The maximum atomic E-state index is 13.8. The number of hydrogen-bond donors (Lipinski definition) is 3. The van der Waals surface area contributed by atoms with Crippen molar-refractivity contribution in [3.63, 3.8) is 0 Å². The molecule has 1 aliphatic carbocycles. The van der Waals surface area contributed by atoms with E-state index in [0.717, 1.165) is 18.4 Å². The molecule has 0 bridgehead atoms. The van der Waals surface area contributed by atoms with Crippen molar-refractivity contribution in [2.45, 2.75) is 63.2 Å². The minimum atomic E-state index is -0.661. The highest BCUT2D eigenvalue weighted by atomic mass is 35.5. The lowest BCUT2D eigenvalue weighted by atomic mass is 10.0. The lowest BCUT2D eigenvalue weighted by Gasteiger charge is -2.37. The molecule has 2 aromatic carbocycles. The van der Waals surface area contributed by atoms with Gasteiger partial charge < -0.3 is 21.5 Å². The van der Waals surface area contributed by atoms with Crippen molar-refractivity contribution in [3.8, 4) is 5.75 Å². The SMILES string of the molecule is NC(=O)[C@@H]1CCC[N+]1(Cc1cc(Cl)ccc1OCC(=O)NC1CC1)C(=O)C[C@H](N)Cc1ccccc1. The molecule has 2 fully saturated rings. The zero-order valence-electron chi connectivity index (χ0n) is 20.3. The highest BCUT2D eigenvalue weighted by Crippen LogP contribution is 2.35. The molecule has 2 aromatic rings. The molecule has 3 atom stereocenters. The van der Waals surface area contributed by atoms with Gasteiger partial charge in [0, 0.05) is 29.9 Å². The first kappa shape index (κ1) is 26.1. The van der Waals surface area contributed by atoms with Crippen molar-refractivity contribution < 1.29 is 23.6 Å². The lowest BCUT2D eigenvalue weighted by molar-refractivity contribution is -0.871. The van der Waals surface area contributed by atoms with Crippen molar-refractivity contribution in [1.82, 2.24) is 5.32 Å². The van der Waals surface area contributed by atoms with E-state index in [0.29, 0.717) is 42.1 Å². The number of benzene rings is 2. The maximum absolute atomic E-state index is 13.8. The highest BCUT2D eigenvalue weighted by molar-refractivity contribution is 6.30. The number of likely N-dealkylation sites (tertiary alicyclic amines) is 1. The molecule has 0 radical (unpaired) electrons. The molecular weight excluding hydrogens is 480 g/mol. The molecule has 192 valence electrons. The van der Waals surface area contributed by atoms with Crippen LogP contribution < -0.4 is 21.5 Å². The van der Waals surface area contributed by atoms with Crippen LogP contribution in [-0.2, 0) is 27.3 Å². The number of rotatable bonds is 11. The van der Waals surface area contributed by atoms with Crippen LogP contribution in [0.4, 0.5) is 0 Å². The van der Waals surface area contributed by atoms with Gasteiger partial charge in [0.15, 0.2) is 12.6 Å². The molecule has 9 heteroatoms. The quantitative estimate of drug-likeness (QED) is 0.398.